The van der Waals surface area contributed by atoms with Gasteiger partial charge in [0.15, 0.2) is 5.58 Å². The normalized spacial score (nSPS) is 16.6. The highest BCUT2D eigenvalue weighted by atomic mass is 32.2. The minimum absolute atomic E-state index is 0. The first-order chi connectivity index (χ1) is 45.8. The van der Waals surface area contributed by atoms with Gasteiger partial charge in [-0.15, -0.1) is 10.1 Å². The quantitative estimate of drug-likeness (QED) is 0.00663. The first kappa shape index (κ1) is 80.6. The molecular formula is C63H93N8O23S3-. The Labute approximate surface area is 572 Å². The van der Waals surface area contributed by atoms with Crippen molar-refractivity contribution in [3.63, 3.8) is 0 Å². The van der Waals surface area contributed by atoms with Gasteiger partial charge in [-0.25, -0.2) is 27.6 Å². The number of fused-ring (bicyclic) bond motifs is 6. The van der Waals surface area contributed by atoms with E-state index in [1.807, 2.05) is 13.0 Å². The smallest absolute Gasteiger partial charge is 0.339 e. The molecule has 2 aromatic carbocycles. The number of hydrogen-bond acceptors (Lipinski definition) is 27. The topological polar surface area (TPSA) is 447 Å². The average Bonchev–Trinajstić information content (AvgIpc) is 1.40. The summed E-state index contributed by atoms with van der Waals surface area (Å²) in [6.07, 6.45) is 1.03. The van der Waals surface area contributed by atoms with Crippen LogP contribution in [0.4, 0.5) is 11.4 Å². The molecule has 2 aromatic heterocycles. The lowest BCUT2D eigenvalue weighted by Crippen LogP contribution is -3.17. The van der Waals surface area contributed by atoms with E-state index in [1.54, 1.807) is 15.9 Å². The Morgan fingerprint density at radius 3 is 1.40 bits per heavy atom. The van der Waals surface area contributed by atoms with Crippen molar-refractivity contribution in [1.29, 1.82) is 0 Å². The molecule has 4 heterocycles. The van der Waals surface area contributed by atoms with Gasteiger partial charge in [-0.05, 0) is 150 Å². The van der Waals surface area contributed by atoms with Crippen LogP contribution in [0, 0.1) is 6.92 Å². The largest absolute Gasteiger partial charge is 0.744 e. The van der Waals surface area contributed by atoms with Crippen LogP contribution in [0.25, 0.3) is 21.9 Å². The number of hydroxylamine groups is 4. The number of nitrogens with one attached hydrogen (secondary N) is 4. The summed E-state index contributed by atoms with van der Waals surface area (Å²) in [5.41, 5.74) is 12.8. The van der Waals surface area contributed by atoms with Crippen molar-refractivity contribution < 1.29 is 112 Å². The molecule has 2 aliphatic heterocycles. The molecule has 4 aliphatic rings. The maximum Gasteiger partial charge on any atom is 0.339 e. The second kappa shape index (κ2) is 37.8. The predicted octanol–water partition coefficient (Wildman–Crippen LogP) is 2.20. The van der Waals surface area contributed by atoms with Crippen LogP contribution in [0.2, 0.25) is 0 Å². The van der Waals surface area contributed by atoms with E-state index in [-0.39, 0.29) is 116 Å². The Balaban J connectivity index is 0.000000406. The molecule has 8 N–H and O–H groups in total. The molecule has 542 valence electrons. The third kappa shape index (κ3) is 22.2. The van der Waals surface area contributed by atoms with Gasteiger partial charge in [0.1, 0.15) is 20.6 Å². The minimum Gasteiger partial charge on any atom is -0.744 e. The number of hydrogen-bond donors (Lipinski definition) is 6. The van der Waals surface area contributed by atoms with E-state index >= 15 is 0 Å². The summed E-state index contributed by atoms with van der Waals surface area (Å²) in [4.78, 5) is 133. The van der Waals surface area contributed by atoms with Crippen LogP contribution >= 0.6 is 24.1 Å². The van der Waals surface area contributed by atoms with Crippen molar-refractivity contribution in [2.45, 2.75) is 217 Å². The number of carbonyl (C=O) groups is 8. The van der Waals surface area contributed by atoms with Crippen molar-refractivity contribution in [3.8, 4) is 0 Å². The second-order valence-electron chi connectivity index (χ2n) is 24.8. The van der Waals surface area contributed by atoms with Crippen molar-refractivity contribution in [3.05, 3.63) is 72.9 Å². The Bertz CT molecular complexity index is 3640. The molecule has 0 radical (unpaired) electrons. The molecule has 31 nitrogen and oxygen atoms in total. The van der Waals surface area contributed by atoms with Crippen molar-refractivity contribution in [2.75, 3.05) is 37.6 Å². The number of carbonyl (C=O) groups excluding carboxylic acids is 8. The molecular weight excluding hydrogens is 1330 g/mol. The van der Waals surface area contributed by atoms with E-state index in [9.17, 15) is 71.4 Å². The predicted molar refractivity (Wildman–Crippen MR) is 352 cm³/mol. The van der Waals surface area contributed by atoms with Gasteiger partial charge in [0, 0.05) is 147 Å². The molecule has 34 heteroatoms. The van der Waals surface area contributed by atoms with Gasteiger partial charge in [-0.3, -0.25) is 38.8 Å². The third-order valence-electron chi connectivity index (χ3n) is 17.0. The molecule has 4 atom stereocenters. The summed E-state index contributed by atoms with van der Waals surface area (Å²) in [7, 11) is -5.13. The first-order valence-corrected chi connectivity index (χ1v) is 35.1. The fourth-order valence-electron chi connectivity index (χ4n) is 12.6. The van der Waals surface area contributed by atoms with E-state index in [2.05, 4.69) is 98.6 Å². The van der Waals surface area contributed by atoms with E-state index in [1.165, 1.54) is 25.2 Å². The molecule has 0 saturated carbocycles. The zero-order chi connectivity index (χ0) is 72.2. The number of rotatable bonds is 29. The number of imide groups is 2. The first-order valence-electron chi connectivity index (χ1n) is 32.1. The second-order valence-corrected chi connectivity index (χ2v) is 28.0. The van der Waals surface area contributed by atoms with Crippen LogP contribution in [0.5, 0.6) is 0 Å². The molecule has 4 aromatic rings. The fraction of sp³-hybridized carbons (Fsp3) is 0.587. The van der Waals surface area contributed by atoms with Crippen LogP contribution in [0.15, 0.2) is 47.6 Å². The molecule has 2 saturated heterocycles. The number of aryl methyl sites for hydroxylation is 1. The Hall–Kier alpha value is -7.09. The van der Waals surface area contributed by atoms with Gasteiger partial charge >= 0.3 is 23.2 Å². The summed E-state index contributed by atoms with van der Waals surface area (Å²) >= 11 is 1.22. The standard InChI is InChI=1S/C24H27N3O10S.C23H25N3O13S2.2C8H19N.2H2/c1-12-9-15-17(10-16(12)25)34-24(32)14-5-4-13(23(14)15)18(38-37-36-33)11-19(28)26-8-2-3-22(31)35-27-20(29)6-7-21(27)30;24-14-6-5-12-20-11(3-4-13(20)23(31)36-21(12)22(14)41(33,34)35)15(40-39-38-32)10-16(27)25-9-1-2-19(30)37-26-17(28)7-8-18(26)29;2*1-6-9(7(2)3)8(4)5;;/h9-10,13,18,33H,2-8,11,25H2,1H3,(H,26,28);5-6,11,15,32H,1-4,7-10,24H2,(H,25,27)(H,33,34,35);2*7-8H,6H2,1-5H3;2*1H/p-1. The number of anilines is 2. The molecule has 2 aliphatic carbocycles. The van der Waals surface area contributed by atoms with Crippen LogP contribution in [-0.4, -0.2) is 131 Å². The number of nitrogens with two attached hydrogens (primary N) is 2. The highest BCUT2D eigenvalue weighted by molar-refractivity contribution is 7.95. The zero-order valence-corrected chi connectivity index (χ0v) is 58.8. The van der Waals surface area contributed by atoms with Crippen molar-refractivity contribution in [2.24, 2.45) is 0 Å². The van der Waals surface area contributed by atoms with Crippen molar-refractivity contribution >= 4 is 115 Å². The zero-order valence-electron chi connectivity index (χ0n) is 56.3. The van der Waals surface area contributed by atoms with Gasteiger partial charge in [-0.1, -0.05) is 0 Å². The molecule has 2 fully saturated rings. The molecule has 0 bridgehead atoms. The summed E-state index contributed by atoms with van der Waals surface area (Å²) in [6.45, 7) is 27.2. The Morgan fingerprint density at radius 1 is 0.629 bits per heavy atom. The SMILES string of the molecule is CC[NH+](C(C)C)C(C)C.CC[NH+](C(C)C)C(C)C.Cc1cc2c3c(c(=O)oc2cc1N)CCC3C(CC(=O)NCCCC(=O)ON1C(=O)CCC1=O)SOO[O-].Nc1ccc2c3c(c(=O)oc2c1S(=O)(=O)[O-])CCC3C(CC(=O)NCCCC(=O)ON1C(=O)CCC1=O)SOO[O-].[HH].[HH]. The summed E-state index contributed by atoms with van der Waals surface area (Å²) < 4.78 is 55.4. The molecule has 0 spiro atoms. The lowest BCUT2D eigenvalue weighted by molar-refractivity contribution is -0.940. The van der Waals surface area contributed by atoms with Gasteiger partial charge in [0.25, 0.3) is 23.6 Å². The van der Waals surface area contributed by atoms with Gasteiger partial charge < -0.3 is 65.5 Å². The number of quaternary nitrogens is 2. The van der Waals surface area contributed by atoms with E-state index in [0.717, 1.165) is 35.3 Å². The van der Waals surface area contributed by atoms with Crippen molar-refractivity contribution in [1.82, 2.24) is 20.8 Å². The lowest BCUT2D eigenvalue weighted by Gasteiger charge is -2.25. The van der Waals surface area contributed by atoms with E-state index in [4.69, 9.17) is 30.0 Å². The van der Waals surface area contributed by atoms with Crippen LogP contribution < -0.4 is 53.7 Å². The minimum atomic E-state index is -5.13. The summed E-state index contributed by atoms with van der Waals surface area (Å²) in [6, 6.07) is 9.10. The number of benzene rings is 2. The van der Waals surface area contributed by atoms with Crippen LogP contribution in [0.1, 0.15) is 189 Å². The maximum atomic E-state index is 12.7. The third-order valence-corrected chi connectivity index (χ3v) is 19.7. The van der Waals surface area contributed by atoms with E-state index < -0.39 is 95.4 Å². The summed E-state index contributed by atoms with van der Waals surface area (Å²) in [5, 5.41) is 33.7. The molecule has 6 amide bonds. The van der Waals surface area contributed by atoms with E-state index in [0.29, 0.717) is 74.8 Å². The lowest BCUT2D eigenvalue weighted by atomic mass is 9.92. The molecule has 4 unspecified atom stereocenters. The number of nitrogens with zero attached hydrogens (tertiary/aromatic N) is 2. The van der Waals surface area contributed by atoms with Crippen LogP contribution in [-0.2, 0) is 89.7 Å². The fourth-order valence-corrected chi connectivity index (χ4v) is 14.8. The van der Waals surface area contributed by atoms with Crippen LogP contribution in [0.3, 0.4) is 0 Å². The number of nitrogen functional groups attached to an aromatic ring is 2. The van der Waals surface area contributed by atoms with Gasteiger partial charge in [-0.2, -0.15) is 8.67 Å². The maximum absolute atomic E-state index is 12.7. The Kier molecular flexibility index (Phi) is 31.4. The summed E-state index contributed by atoms with van der Waals surface area (Å²) in [5.74, 6) is -5.82. The van der Waals surface area contributed by atoms with Gasteiger partial charge in [0.2, 0.25) is 11.8 Å². The highest BCUT2D eigenvalue weighted by Crippen LogP contribution is 2.46. The number of amides is 6. The Morgan fingerprint density at radius 2 is 1.03 bits per heavy atom. The molecule has 8 rings (SSSR count). The monoisotopic (exact) mass is 1430 g/mol. The molecule has 97 heavy (non-hydrogen) atoms. The average molecular weight is 1430 g/mol. The highest BCUT2D eigenvalue weighted by Gasteiger charge is 2.40. The van der Waals surface area contributed by atoms with Gasteiger partial charge in [0.05, 0.1) is 42.9 Å².